The number of aliphatic hydroxyl groups is 1. The van der Waals surface area contributed by atoms with Gasteiger partial charge in [-0.2, -0.15) is 0 Å². The van der Waals surface area contributed by atoms with Gasteiger partial charge in [0.2, 0.25) is 0 Å². The zero-order chi connectivity index (χ0) is 10.6. The Bertz CT molecular complexity index is 221. The Labute approximate surface area is 86.9 Å². The quantitative estimate of drug-likeness (QED) is 0.624. The van der Waals surface area contributed by atoms with E-state index < -0.39 is 5.60 Å². The van der Waals surface area contributed by atoms with Crippen molar-refractivity contribution in [3.63, 3.8) is 0 Å². The topological polar surface area (TPSA) is 46.2 Å². The molecule has 0 aromatic heterocycles. The summed E-state index contributed by atoms with van der Waals surface area (Å²) in [5, 5.41) is 10.3. The summed E-state index contributed by atoms with van der Waals surface area (Å²) in [6, 6.07) is 0.342. The first-order valence-corrected chi connectivity index (χ1v) is 5.70. The van der Waals surface area contributed by atoms with Gasteiger partial charge in [-0.1, -0.05) is 13.8 Å². The summed E-state index contributed by atoms with van der Waals surface area (Å²) in [5.41, 5.74) is 6.18. The monoisotopic (exact) mass is 197 g/mol. The van der Waals surface area contributed by atoms with Gasteiger partial charge in [-0.3, -0.25) is 0 Å². The molecule has 0 heterocycles. The van der Waals surface area contributed by atoms with Crippen LogP contribution in [-0.2, 0) is 0 Å². The van der Waals surface area contributed by atoms with Gasteiger partial charge < -0.3 is 10.8 Å². The van der Waals surface area contributed by atoms with Crippen LogP contribution in [0.1, 0.15) is 52.9 Å². The summed E-state index contributed by atoms with van der Waals surface area (Å²) >= 11 is 0. The van der Waals surface area contributed by atoms with Gasteiger partial charge in [-0.05, 0) is 49.9 Å². The van der Waals surface area contributed by atoms with Crippen LogP contribution in [0.4, 0.5) is 0 Å². The summed E-state index contributed by atoms with van der Waals surface area (Å²) in [6.07, 6.45) is 5.24. The smallest absolute Gasteiger partial charge is 0.0630 e. The fourth-order valence-corrected chi connectivity index (χ4v) is 4.68. The van der Waals surface area contributed by atoms with Crippen LogP contribution < -0.4 is 5.73 Å². The van der Waals surface area contributed by atoms with Crippen LogP contribution in [0.25, 0.3) is 0 Å². The fraction of sp³-hybridized carbons (Fsp3) is 1.00. The van der Waals surface area contributed by atoms with Crippen LogP contribution in [-0.4, -0.2) is 16.7 Å². The van der Waals surface area contributed by atoms with Crippen LogP contribution in [0.2, 0.25) is 0 Å². The van der Waals surface area contributed by atoms with E-state index in [-0.39, 0.29) is 10.8 Å². The Kier molecular flexibility index (Phi) is 2.04. The van der Waals surface area contributed by atoms with Gasteiger partial charge in [-0.25, -0.2) is 0 Å². The molecule has 0 aliphatic heterocycles. The molecule has 2 bridgehead atoms. The molecule has 0 saturated heterocycles. The zero-order valence-electron chi connectivity index (χ0n) is 9.64. The molecular weight excluding hydrogens is 174 g/mol. The molecule has 2 heteroatoms. The third-order valence-electron chi connectivity index (χ3n) is 3.98. The van der Waals surface area contributed by atoms with Gasteiger partial charge in [0.1, 0.15) is 0 Å². The van der Waals surface area contributed by atoms with Crippen molar-refractivity contribution in [1.82, 2.24) is 0 Å². The van der Waals surface area contributed by atoms with Crippen molar-refractivity contribution >= 4 is 0 Å². The second-order valence-electron chi connectivity index (χ2n) is 6.82. The maximum absolute atomic E-state index is 10.3. The minimum absolute atomic E-state index is 0.272. The summed E-state index contributed by atoms with van der Waals surface area (Å²) < 4.78 is 0. The highest BCUT2D eigenvalue weighted by atomic mass is 16.3. The first-order valence-electron chi connectivity index (χ1n) is 5.70. The Hall–Kier alpha value is -0.0800. The highest BCUT2D eigenvalue weighted by Gasteiger charge is 2.52. The predicted molar refractivity (Wildman–Crippen MR) is 57.9 cm³/mol. The van der Waals surface area contributed by atoms with Crippen molar-refractivity contribution in [3.05, 3.63) is 0 Å². The van der Waals surface area contributed by atoms with Gasteiger partial charge in [0.25, 0.3) is 0 Å². The molecule has 2 aliphatic carbocycles. The molecule has 82 valence electrons. The molecular formula is C12H23NO. The Balaban J connectivity index is 2.28. The summed E-state index contributed by atoms with van der Waals surface area (Å²) in [7, 11) is 0. The third-order valence-corrected chi connectivity index (χ3v) is 3.98. The highest BCUT2D eigenvalue weighted by Crippen LogP contribution is 2.57. The average molecular weight is 197 g/mol. The molecule has 0 aromatic carbocycles. The van der Waals surface area contributed by atoms with E-state index in [9.17, 15) is 5.11 Å². The molecule has 14 heavy (non-hydrogen) atoms. The molecule has 0 amide bonds. The van der Waals surface area contributed by atoms with Crippen LogP contribution in [0.5, 0.6) is 0 Å². The summed E-state index contributed by atoms with van der Waals surface area (Å²) in [4.78, 5) is 0. The number of hydrogen-bond acceptors (Lipinski definition) is 2. The second kappa shape index (κ2) is 2.73. The normalized spacial score (nSPS) is 58.5. The van der Waals surface area contributed by atoms with E-state index in [1.165, 1.54) is 6.42 Å². The van der Waals surface area contributed by atoms with Gasteiger partial charge in [0, 0.05) is 6.04 Å². The van der Waals surface area contributed by atoms with Crippen LogP contribution in [0.15, 0.2) is 0 Å². The SMILES string of the molecule is C[C@]1(O)C[C@]2(C)C[C@@H](N)C[C@](C)(C1)C2. The minimum atomic E-state index is -0.470. The first kappa shape index (κ1) is 10.4. The second-order valence-corrected chi connectivity index (χ2v) is 6.82. The molecule has 2 fully saturated rings. The summed E-state index contributed by atoms with van der Waals surface area (Å²) in [5.74, 6) is 0. The molecule has 2 saturated carbocycles. The third kappa shape index (κ3) is 1.82. The number of fused-ring (bicyclic) bond motifs is 2. The van der Waals surface area contributed by atoms with E-state index >= 15 is 0 Å². The average Bonchev–Trinajstić information content (AvgIpc) is 1.71. The minimum Gasteiger partial charge on any atom is -0.390 e. The lowest BCUT2D eigenvalue weighted by molar-refractivity contribution is -0.112. The molecule has 4 atom stereocenters. The standard InChI is InChI=1S/C12H23NO/c1-10-4-9(13)5-11(2,6-10)8-12(3,14)7-10/h9,14H,4-8,13H2,1-3H3/t9-,10-,11+,12+. The molecule has 0 spiro atoms. The van der Waals surface area contributed by atoms with Crippen molar-refractivity contribution in [2.45, 2.75) is 64.5 Å². The first-order chi connectivity index (χ1) is 6.22. The lowest BCUT2D eigenvalue weighted by Gasteiger charge is -2.56. The lowest BCUT2D eigenvalue weighted by Crippen LogP contribution is -2.53. The van der Waals surface area contributed by atoms with E-state index in [1.54, 1.807) is 0 Å². The van der Waals surface area contributed by atoms with Crippen LogP contribution in [0, 0.1) is 10.8 Å². The van der Waals surface area contributed by atoms with E-state index in [4.69, 9.17) is 5.73 Å². The van der Waals surface area contributed by atoms with Crippen LogP contribution >= 0.6 is 0 Å². The van der Waals surface area contributed by atoms with Crippen molar-refractivity contribution in [1.29, 1.82) is 0 Å². The van der Waals surface area contributed by atoms with E-state index in [1.807, 2.05) is 6.92 Å². The van der Waals surface area contributed by atoms with E-state index in [2.05, 4.69) is 13.8 Å². The Morgan fingerprint density at radius 1 is 1.00 bits per heavy atom. The number of hydrogen-bond donors (Lipinski definition) is 2. The predicted octanol–water partition coefficient (Wildman–Crippen LogP) is 2.05. The van der Waals surface area contributed by atoms with E-state index in [0.717, 1.165) is 25.7 Å². The molecule has 0 unspecified atom stereocenters. The summed E-state index contributed by atoms with van der Waals surface area (Å²) in [6.45, 7) is 6.56. The van der Waals surface area contributed by atoms with Gasteiger partial charge in [0.05, 0.1) is 5.60 Å². The Morgan fingerprint density at radius 2 is 1.43 bits per heavy atom. The lowest BCUT2D eigenvalue weighted by atomic mass is 9.51. The highest BCUT2D eigenvalue weighted by molar-refractivity contribution is 5.04. The molecule has 3 N–H and O–H groups in total. The maximum Gasteiger partial charge on any atom is 0.0630 e. The van der Waals surface area contributed by atoms with Crippen LogP contribution in [0.3, 0.4) is 0 Å². The molecule has 2 rings (SSSR count). The zero-order valence-corrected chi connectivity index (χ0v) is 9.64. The Morgan fingerprint density at radius 3 is 1.86 bits per heavy atom. The number of rotatable bonds is 0. The molecule has 0 radical (unpaired) electrons. The van der Waals surface area contributed by atoms with Crippen molar-refractivity contribution < 1.29 is 5.11 Å². The van der Waals surface area contributed by atoms with Crippen molar-refractivity contribution in [2.24, 2.45) is 16.6 Å². The maximum atomic E-state index is 10.3. The number of nitrogens with two attached hydrogens (primary N) is 1. The largest absolute Gasteiger partial charge is 0.390 e. The van der Waals surface area contributed by atoms with Gasteiger partial charge >= 0.3 is 0 Å². The fourth-order valence-electron chi connectivity index (χ4n) is 4.68. The van der Waals surface area contributed by atoms with Gasteiger partial charge in [-0.15, -0.1) is 0 Å². The van der Waals surface area contributed by atoms with Crippen molar-refractivity contribution in [2.75, 3.05) is 0 Å². The van der Waals surface area contributed by atoms with Gasteiger partial charge in [0.15, 0.2) is 0 Å². The molecule has 0 aromatic rings. The molecule has 2 aliphatic rings. The van der Waals surface area contributed by atoms with E-state index in [0.29, 0.717) is 6.04 Å². The van der Waals surface area contributed by atoms with Crippen molar-refractivity contribution in [3.8, 4) is 0 Å². The molecule has 2 nitrogen and oxygen atoms in total.